The van der Waals surface area contributed by atoms with Crippen LogP contribution in [-0.2, 0) is 16.6 Å². The van der Waals surface area contributed by atoms with Crippen molar-refractivity contribution in [1.82, 2.24) is 9.88 Å². The van der Waals surface area contributed by atoms with Crippen molar-refractivity contribution in [2.24, 2.45) is 12.5 Å². The maximum Gasteiger partial charge on any atom is 0.250 e. The van der Waals surface area contributed by atoms with Gasteiger partial charge in [0.05, 0.1) is 17.8 Å². The molecular weight excluding hydrogens is 454 g/mol. The van der Waals surface area contributed by atoms with E-state index in [0.29, 0.717) is 22.6 Å². The summed E-state index contributed by atoms with van der Waals surface area (Å²) < 4.78 is 1.48. The first-order chi connectivity index (χ1) is 17.3. The summed E-state index contributed by atoms with van der Waals surface area (Å²) in [6.45, 7) is 1.96. The van der Waals surface area contributed by atoms with Crippen LogP contribution < -0.4 is 21.1 Å². The minimum atomic E-state index is -0.356. The second-order valence-corrected chi connectivity index (χ2v) is 9.87. The summed E-state index contributed by atoms with van der Waals surface area (Å²) >= 11 is 0. The van der Waals surface area contributed by atoms with Gasteiger partial charge in [0.15, 0.2) is 0 Å². The molecule has 2 fully saturated rings. The topological polar surface area (TPSA) is 107 Å². The zero-order chi connectivity index (χ0) is 25.4. The number of anilines is 3. The molecule has 3 N–H and O–H groups in total. The highest BCUT2D eigenvalue weighted by atomic mass is 16.2. The van der Waals surface area contributed by atoms with Crippen LogP contribution in [-0.4, -0.2) is 28.6 Å². The summed E-state index contributed by atoms with van der Waals surface area (Å²) in [7, 11) is 1.68. The summed E-state index contributed by atoms with van der Waals surface area (Å²) in [5.74, 6) is -0.0788. The fourth-order valence-electron chi connectivity index (χ4n) is 4.71. The molecule has 2 atom stereocenters. The van der Waals surface area contributed by atoms with Crippen molar-refractivity contribution >= 4 is 35.1 Å². The van der Waals surface area contributed by atoms with Crippen molar-refractivity contribution in [3.63, 3.8) is 0 Å². The fraction of sp³-hybridized carbons (Fsp3) is 0.286. The average Bonchev–Trinajstić information content (AvgIpc) is 3.55. The van der Waals surface area contributed by atoms with E-state index in [4.69, 9.17) is 5.41 Å². The summed E-state index contributed by atoms with van der Waals surface area (Å²) in [4.78, 5) is 39.6. The van der Waals surface area contributed by atoms with Crippen LogP contribution >= 0.6 is 0 Å². The van der Waals surface area contributed by atoms with Crippen molar-refractivity contribution in [3.8, 4) is 0 Å². The molecule has 2 amide bonds. The van der Waals surface area contributed by atoms with E-state index in [1.165, 1.54) is 16.8 Å². The number of hydrogen-bond donors (Lipinski definition) is 3. The molecule has 1 saturated heterocycles. The SMILES string of the molecule is Cn1cc(Nc2ccc(N3C(=O)CC(NC(=O)C4(C)CC4)[C@@H]3c3ccccc3)cc2C=N)ccc1=O. The van der Waals surface area contributed by atoms with Gasteiger partial charge in [-0.15, -0.1) is 0 Å². The molecule has 1 unspecified atom stereocenters. The lowest BCUT2D eigenvalue weighted by atomic mass is 9.98. The van der Waals surface area contributed by atoms with Crippen LogP contribution in [0.1, 0.15) is 43.4 Å². The predicted molar refractivity (Wildman–Crippen MR) is 140 cm³/mol. The molecule has 0 radical (unpaired) electrons. The molecule has 8 heteroatoms. The van der Waals surface area contributed by atoms with Gasteiger partial charge in [-0.3, -0.25) is 14.4 Å². The second kappa shape index (κ2) is 9.11. The minimum Gasteiger partial charge on any atom is -0.354 e. The zero-order valence-electron chi connectivity index (χ0n) is 20.3. The molecule has 1 aliphatic heterocycles. The molecule has 5 rings (SSSR count). The van der Waals surface area contributed by atoms with Gasteiger partial charge in [-0.2, -0.15) is 0 Å². The predicted octanol–water partition coefficient (Wildman–Crippen LogP) is 3.89. The Morgan fingerprint density at radius 3 is 2.50 bits per heavy atom. The van der Waals surface area contributed by atoms with Crippen LogP contribution in [0.25, 0.3) is 0 Å². The first kappa shape index (κ1) is 23.5. The third-order valence-corrected chi connectivity index (χ3v) is 7.16. The number of nitrogens with one attached hydrogen (secondary N) is 3. The second-order valence-electron chi connectivity index (χ2n) is 9.87. The van der Waals surface area contributed by atoms with Crippen molar-refractivity contribution in [3.05, 3.63) is 88.3 Å². The fourth-order valence-corrected chi connectivity index (χ4v) is 4.71. The number of amides is 2. The van der Waals surface area contributed by atoms with Gasteiger partial charge in [-0.1, -0.05) is 37.3 Å². The summed E-state index contributed by atoms with van der Waals surface area (Å²) in [5, 5.41) is 14.4. The number of carbonyl (C=O) groups is 2. The number of benzene rings is 2. The highest BCUT2D eigenvalue weighted by molar-refractivity contribution is 6.00. The number of aryl methyl sites for hydroxylation is 1. The van der Waals surface area contributed by atoms with Gasteiger partial charge >= 0.3 is 0 Å². The quantitative estimate of drug-likeness (QED) is 0.443. The van der Waals surface area contributed by atoms with Crippen LogP contribution in [0.2, 0.25) is 0 Å². The Balaban J connectivity index is 1.48. The third-order valence-electron chi connectivity index (χ3n) is 7.16. The largest absolute Gasteiger partial charge is 0.354 e. The maximum atomic E-state index is 13.3. The molecule has 0 spiro atoms. The first-order valence-corrected chi connectivity index (χ1v) is 12.1. The Hall–Kier alpha value is -4.20. The van der Waals surface area contributed by atoms with Gasteiger partial charge in [0.25, 0.3) is 0 Å². The third kappa shape index (κ3) is 4.42. The minimum absolute atomic E-state index is 0.0000655. The lowest BCUT2D eigenvalue weighted by Crippen LogP contribution is -2.42. The molecule has 0 bridgehead atoms. The summed E-state index contributed by atoms with van der Waals surface area (Å²) in [5.41, 5.74) is 3.15. The highest BCUT2D eigenvalue weighted by Crippen LogP contribution is 2.46. The average molecular weight is 484 g/mol. The van der Waals surface area contributed by atoms with Gasteiger partial charge in [-0.05, 0) is 42.7 Å². The van der Waals surface area contributed by atoms with Gasteiger partial charge in [0, 0.05) is 54.3 Å². The summed E-state index contributed by atoms with van der Waals surface area (Å²) in [6.07, 6.45) is 4.86. The molecule has 2 heterocycles. The van der Waals surface area contributed by atoms with Gasteiger partial charge in [0.1, 0.15) is 0 Å². The van der Waals surface area contributed by atoms with E-state index in [1.54, 1.807) is 30.3 Å². The lowest BCUT2D eigenvalue weighted by Gasteiger charge is -2.30. The van der Waals surface area contributed by atoms with Crippen LogP contribution in [0, 0.1) is 10.8 Å². The number of nitrogens with zero attached hydrogens (tertiary/aromatic N) is 2. The van der Waals surface area contributed by atoms with Crippen molar-refractivity contribution in [2.45, 2.75) is 38.3 Å². The number of hydrogen-bond acceptors (Lipinski definition) is 5. The molecule has 3 aromatic rings. The molecule has 1 aromatic heterocycles. The standard InChI is InChI=1S/C28H29N5O3/c1-28(12-13-28)27(36)31-23-15-25(35)33(26(23)18-6-4-3-5-7-18)21-9-10-22(19(14-21)16-29)30-20-8-11-24(34)32(2)17-20/h3-11,14,16-17,23,26,29-30H,12-13,15H2,1-2H3,(H,31,36)/t23?,26-/m0/s1. The van der Waals surface area contributed by atoms with E-state index < -0.39 is 0 Å². The molecule has 184 valence electrons. The zero-order valence-corrected chi connectivity index (χ0v) is 20.3. The van der Waals surface area contributed by atoms with Gasteiger partial charge in [0.2, 0.25) is 17.4 Å². The Kier molecular flexibility index (Phi) is 5.96. The van der Waals surface area contributed by atoms with Gasteiger partial charge in [-0.25, -0.2) is 0 Å². The lowest BCUT2D eigenvalue weighted by molar-refractivity contribution is -0.126. The molecular formula is C28H29N5O3. The van der Waals surface area contributed by atoms with E-state index in [0.717, 1.165) is 18.4 Å². The first-order valence-electron chi connectivity index (χ1n) is 12.1. The van der Waals surface area contributed by atoms with E-state index in [9.17, 15) is 14.4 Å². The normalized spacial score (nSPS) is 20.2. The van der Waals surface area contributed by atoms with Crippen LogP contribution in [0.3, 0.4) is 0 Å². The molecule has 8 nitrogen and oxygen atoms in total. The van der Waals surface area contributed by atoms with E-state index >= 15 is 0 Å². The van der Waals surface area contributed by atoms with E-state index in [-0.39, 0.29) is 41.3 Å². The van der Waals surface area contributed by atoms with Crippen molar-refractivity contribution < 1.29 is 9.59 Å². The number of aromatic nitrogens is 1. The molecule has 2 aliphatic rings. The monoisotopic (exact) mass is 483 g/mol. The van der Waals surface area contributed by atoms with Crippen molar-refractivity contribution in [2.75, 3.05) is 10.2 Å². The Labute approximate surface area is 209 Å². The number of rotatable bonds is 7. The molecule has 1 saturated carbocycles. The molecule has 2 aromatic carbocycles. The Morgan fingerprint density at radius 2 is 1.83 bits per heavy atom. The highest BCUT2D eigenvalue weighted by Gasteiger charge is 2.48. The number of pyridine rings is 1. The molecule has 1 aliphatic carbocycles. The van der Waals surface area contributed by atoms with E-state index in [2.05, 4.69) is 10.6 Å². The maximum absolute atomic E-state index is 13.3. The Bertz CT molecular complexity index is 1390. The summed E-state index contributed by atoms with van der Waals surface area (Å²) in [6, 6.07) is 17.7. The van der Waals surface area contributed by atoms with Gasteiger partial charge < -0.3 is 25.5 Å². The van der Waals surface area contributed by atoms with Crippen LogP contribution in [0.5, 0.6) is 0 Å². The van der Waals surface area contributed by atoms with Crippen molar-refractivity contribution in [1.29, 1.82) is 5.41 Å². The Morgan fingerprint density at radius 1 is 1.08 bits per heavy atom. The van der Waals surface area contributed by atoms with E-state index in [1.807, 2.05) is 49.4 Å². The smallest absolute Gasteiger partial charge is 0.250 e. The van der Waals surface area contributed by atoms with Crippen LogP contribution in [0.15, 0.2) is 71.7 Å². The molecule has 36 heavy (non-hydrogen) atoms. The number of carbonyl (C=O) groups excluding carboxylic acids is 2. The van der Waals surface area contributed by atoms with Crippen LogP contribution in [0.4, 0.5) is 17.1 Å².